The summed E-state index contributed by atoms with van der Waals surface area (Å²) in [4.78, 5) is 23.6. The third-order valence-electron chi connectivity index (χ3n) is 3.99. The van der Waals surface area contributed by atoms with Gasteiger partial charge in [-0.2, -0.15) is 0 Å². The van der Waals surface area contributed by atoms with Gasteiger partial charge < -0.3 is 18.9 Å². The van der Waals surface area contributed by atoms with E-state index in [2.05, 4.69) is 9.88 Å². The summed E-state index contributed by atoms with van der Waals surface area (Å²) in [6.07, 6.45) is -0.371. The minimum Gasteiger partial charge on any atom is -0.598 e. The van der Waals surface area contributed by atoms with Crippen molar-refractivity contribution in [1.29, 1.82) is 0 Å². The average Bonchev–Trinajstić information content (AvgIpc) is 3.00. The standard InChI is InChI=1S/C19H24N2O6S/c1-11-16(12-8-6-7-9-13(12)18(24)26-5)17(27-20-11)14(10-15(22)23)21-28(25)19(2,3)4/h6-9,14,21H,10H2,1-5H3,(H,22,23)/t14-,28-/m0/s1. The second-order valence-electron chi connectivity index (χ2n) is 7.19. The summed E-state index contributed by atoms with van der Waals surface area (Å²) in [7, 11) is 1.28. The smallest absolute Gasteiger partial charge is 0.338 e. The summed E-state index contributed by atoms with van der Waals surface area (Å²) in [6, 6.07) is 5.84. The van der Waals surface area contributed by atoms with Gasteiger partial charge in [0.25, 0.3) is 0 Å². The predicted octanol–water partition coefficient (Wildman–Crippen LogP) is 3.00. The third kappa shape index (κ3) is 4.92. The van der Waals surface area contributed by atoms with Crippen molar-refractivity contribution in [3.05, 3.63) is 41.3 Å². The number of hydrogen-bond donors (Lipinski definition) is 2. The Morgan fingerprint density at radius 1 is 1.36 bits per heavy atom. The highest BCUT2D eigenvalue weighted by molar-refractivity contribution is 7.90. The maximum atomic E-state index is 12.6. The maximum absolute atomic E-state index is 12.6. The van der Waals surface area contributed by atoms with Gasteiger partial charge in [-0.3, -0.25) is 4.79 Å². The molecule has 9 heteroatoms. The van der Waals surface area contributed by atoms with Crippen LogP contribution >= 0.6 is 0 Å². The van der Waals surface area contributed by atoms with Crippen molar-refractivity contribution in [2.75, 3.05) is 7.11 Å². The number of esters is 1. The van der Waals surface area contributed by atoms with Gasteiger partial charge in [-0.15, -0.1) is 4.72 Å². The first-order valence-corrected chi connectivity index (χ1v) is 9.75. The number of carbonyl (C=O) groups is 2. The van der Waals surface area contributed by atoms with Gasteiger partial charge in [-0.1, -0.05) is 23.4 Å². The van der Waals surface area contributed by atoms with Crippen LogP contribution in [0, 0.1) is 6.92 Å². The zero-order valence-electron chi connectivity index (χ0n) is 16.4. The molecule has 0 spiro atoms. The van der Waals surface area contributed by atoms with E-state index in [0.29, 0.717) is 22.4 Å². The molecule has 0 saturated heterocycles. The van der Waals surface area contributed by atoms with E-state index in [9.17, 15) is 19.2 Å². The number of benzene rings is 1. The van der Waals surface area contributed by atoms with Crippen molar-refractivity contribution in [3.8, 4) is 11.1 Å². The zero-order chi connectivity index (χ0) is 21.1. The molecule has 0 fully saturated rings. The van der Waals surface area contributed by atoms with Gasteiger partial charge in [-0.05, 0) is 33.8 Å². The molecule has 0 aliphatic rings. The van der Waals surface area contributed by atoms with Gasteiger partial charge in [0.05, 0.1) is 30.4 Å². The number of nitrogens with one attached hydrogen (secondary N) is 1. The molecule has 1 aromatic carbocycles. The summed E-state index contributed by atoms with van der Waals surface area (Å²) in [5.74, 6) is -1.43. The first-order valence-electron chi connectivity index (χ1n) is 8.60. The van der Waals surface area contributed by atoms with Crippen molar-refractivity contribution in [2.45, 2.75) is 44.9 Å². The van der Waals surface area contributed by atoms with Crippen LogP contribution in [-0.4, -0.2) is 38.6 Å². The number of ether oxygens (including phenoxy) is 1. The lowest BCUT2D eigenvalue weighted by Gasteiger charge is -2.26. The highest BCUT2D eigenvalue weighted by Crippen LogP contribution is 2.36. The van der Waals surface area contributed by atoms with Crippen molar-refractivity contribution in [3.63, 3.8) is 0 Å². The Hall–Kier alpha value is -2.36. The Balaban J connectivity index is 2.58. The molecule has 1 aromatic heterocycles. The van der Waals surface area contributed by atoms with Gasteiger partial charge in [0.2, 0.25) is 0 Å². The van der Waals surface area contributed by atoms with Crippen LogP contribution < -0.4 is 4.72 Å². The number of carboxylic acid groups (broad SMARTS) is 1. The Bertz CT molecular complexity index is 858. The minimum absolute atomic E-state index is 0.203. The molecule has 28 heavy (non-hydrogen) atoms. The second kappa shape index (κ2) is 8.76. The van der Waals surface area contributed by atoms with E-state index in [0.717, 1.165) is 0 Å². The molecule has 0 aliphatic heterocycles. The molecular formula is C19H24N2O6S. The lowest BCUT2D eigenvalue weighted by Crippen LogP contribution is -2.41. The highest BCUT2D eigenvalue weighted by Gasteiger charge is 2.35. The molecule has 8 nitrogen and oxygen atoms in total. The first kappa shape index (κ1) is 21.9. The van der Waals surface area contributed by atoms with Crippen molar-refractivity contribution < 1.29 is 28.5 Å². The van der Waals surface area contributed by atoms with Gasteiger partial charge in [0.15, 0.2) is 5.76 Å². The van der Waals surface area contributed by atoms with Crippen LogP contribution in [0.5, 0.6) is 0 Å². The number of rotatable bonds is 7. The molecule has 2 aromatic rings. The maximum Gasteiger partial charge on any atom is 0.338 e. The molecule has 152 valence electrons. The molecule has 2 atom stereocenters. The SMILES string of the molecule is COC(=O)c1ccccc1-c1c(C)noc1[C@H](CC(=O)O)N[S@@+]([O-])C(C)(C)C. The van der Waals surface area contributed by atoms with E-state index in [1.165, 1.54) is 7.11 Å². The zero-order valence-corrected chi connectivity index (χ0v) is 17.3. The van der Waals surface area contributed by atoms with E-state index in [1.54, 1.807) is 52.0 Å². The fourth-order valence-corrected chi connectivity index (χ4v) is 3.41. The molecule has 0 saturated carbocycles. The summed E-state index contributed by atoms with van der Waals surface area (Å²) in [6.45, 7) is 7.00. The van der Waals surface area contributed by atoms with Crippen molar-refractivity contribution in [1.82, 2.24) is 9.88 Å². The monoisotopic (exact) mass is 408 g/mol. The summed E-state index contributed by atoms with van der Waals surface area (Å²) < 4.78 is 25.1. The molecular weight excluding hydrogens is 384 g/mol. The Kier molecular flexibility index (Phi) is 6.87. The largest absolute Gasteiger partial charge is 0.598 e. The first-order chi connectivity index (χ1) is 13.1. The molecule has 1 heterocycles. The summed E-state index contributed by atoms with van der Waals surface area (Å²) in [5, 5.41) is 13.3. The van der Waals surface area contributed by atoms with Crippen molar-refractivity contribution in [2.24, 2.45) is 0 Å². The fourth-order valence-electron chi connectivity index (χ4n) is 2.61. The third-order valence-corrected chi connectivity index (χ3v) is 5.60. The lowest BCUT2D eigenvalue weighted by atomic mass is 9.95. The van der Waals surface area contributed by atoms with Crippen LogP contribution in [0.3, 0.4) is 0 Å². The van der Waals surface area contributed by atoms with Crippen LogP contribution in [0.4, 0.5) is 0 Å². The molecule has 0 radical (unpaired) electrons. The topological polar surface area (TPSA) is 125 Å². The van der Waals surface area contributed by atoms with Gasteiger partial charge >= 0.3 is 11.9 Å². The number of aryl methyl sites for hydroxylation is 1. The Morgan fingerprint density at radius 2 is 2.00 bits per heavy atom. The number of methoxy groups -OCH3 is 1. The van der Waals surface area contributed by atoms with Crippen LogP contribution in [-0.2, 0) is 20.9 Å². The number of aromatic nitrogens is 1. The van der Waals surface area contributed by atoms with E-state index in [4.69, 9.17) is 9.26 Å². The number of nitrogens with zero attached hydrogens (tertiary/aromatic N) is 1. The van der Waals surface area contributed by atoms with E-state index in [1.807, 2.05) is 0 Å². The minimum atomic E-state index is -1.55. The van der Waals surface area contributed by atoms with Gasteiger partial charge in [-0.25, -0.2) is 4.79 Å². The fraction of sp³-hybridized carbons (Fsp3) is 0.421. The summed E-state index contributed by atoms with van der Waals surface area (Å²) in [5.41, 5.74) is 1.75. The van der Waals surface area contributed by atoms with Gasteiger partial charge in [0, 0.05) is 16.9 Å². The average molecular weight is 408 g/mol. The second-order valence-corrected chi connectivity index (χ2v) is 9.19. The molecule has 0 unspecified atom stereocenters. The predicted molar refractivity (Wildman–Crippen MR) is 104 cm³/mol. The molecule has 0 bridgehead atoms. The normalized spacial score (nSPS) is 13.8. The van der Waals surface area contributed by atoms with E-state index in [-0.39, 0.29) is 12.2 Å². The van der Waals surface area contributed by atoms with Crippen LogP contribution in [0.25, 0.3) is 11.1 Å². The molecule has 2 N–H and O–H groups in total. The van der Waals surface area contributed by atoms with Crippen LogP contribution in [0.2, 0.25) is 0 Å². The van der Waals surface area contributed by atoms with E-state index < -0.39 is 34.1 Å². The highest BCUT2D eigenvalue weighted by atomic mass is 32.2. The van der Waals surface area contributed by atoms with Crippen molar-refractivity contribution >= 4 is 23.3 Å². The Labute approximate surface area is 166 Å². The number of carbonyl (C=O) groups excluding carboxylic acids is 1. The van der Waals surface area contributed by atoms with Crippen LogP contribution in [0.15, 0.2) is 28.8 Å². The lowest BCUT2D eigenvalue weighted by molar-refractivity contribution is -0.137. The molecule has 0 aliphatic carbocycles. The number of carboxylic acids is 1. The Morgan fingerprint density at radius 3 is 2.57 bits per heavy atom. The molecule has 2 rings (SSSR count). The molecule has 0 amide bonds. The van der Waals surface area contributed by atoms with E-state index >= 15 is 0 Å². The summed E-state index contributed by atoms with van der Waals surface area (Å²) >= 11 is -1.55. The number of aliphatic carboxylic acids is 1. The number of hydrogen-bond acceptors (Lipinski definition) is 7. The quantitative estimate of drug-likeness (QED) is 0.529. The van der Waals surface area contributed by atoms with Gasteiger partial charge in [0.1, 0.15) is 10.8 Å². The van der Waals surface area contributed by atoms with Crippen LogP contribution in [0.1, 0.15) is 55.0 Å².